The second-order valence-electron chi connectivity index (χ2n) is 8.93. The monoisotopic (exact) mass is 495 g/mol. The number of hydrogen-bond acceptors (Lipinski definition) is 6. The molecular weight excluding hydrogens is 466 g/mol. The van der Waals surface area contributed by atoms with E-state index in [1.165, 1.54) is 0 Å². The number of anilines is 2. The highest BCUT2D eigenvalue weighted by Gasteiger charge is 2.31. The van der Waals surface area contributed by atoms with Gasteiger partial charge in [0.2, 0.25) is 0 Å². The number of ether oxygens (including phenoxy) is 2. The molecule has 2 atom stereocenters. The summed E-state index contributed by atoms with van der Waals surface area (Å²) in [6.07, 6.45) is 4.86. The second-order valence-corrected chi connectivity index (χ2v) is 9.34. The largest absolute Gasteiger partial charge is 0.488 e. The van der Waals surface area contributed by atoms with Gasteiger partial charge in [-0.15, -0.1) is 0 Å². The average molecular weight is 496 g/mol. The maximum absolute atomic E-state index is 13.1. The quantitative estimate of drug-likeness (QED) is 0.394. The molecule has 1 amide bonds. The molecule has 5 rings (SSSR count). The van der Waals surface area contributed by atoms with E-state index in [1.807, 2.05) is 31.2 Å². The summed E-state index contributed by atoms with van der Waals surface area (Å²) in [6, 6.07) is 7.71. The molecule has 8 nitrogen and oxygen atoms in total. The van der Waals surface area contributed by atoms with Crippen LogP contribution in [-0.4, -0.2) is 54.3 Å². The van der Waals surface area contributed by atoms with Gasteiger partial charge in [-0.3, -0.25) is 9.78 Å². The predicted molar refractivity (Wildman–Crippen MR) is 137 cm³/mol. The Labute approximate surface area is 209 Å². The molecular formula is C26H30ClN5O3. The highest BCUT2D eigenvalue weighted by Crippen LogP contribution is 2.41. The summed E-state index contributed by atoms with van der Waals surface area (Å²) in [7, 11) is 0. The van der Waals surface area contributed by atoms with Crippen molar-refractivity contribution >= 4 is 28.9 Å². The number of nitrogens with one attached hydrogen (secondary N) is 4. The lowest BCUT2D eigenvalue weighted by Crippen LogP contribution is -2.41. The van der Waals surface area contributed by atoms with Gasteiger partial charge in [0.05, 0.1) is 29.7 Å². The maximum Gasteiger partial charge on any atom is 0.255 e. The highest BCUT2D eigenvalue weighted by molar-refractivity contribution is 6.31. The molecule has 1 saturated heterocycles. The Kier molecular flexibility index (Phi) is 6.95. The van der Waals surface area contributed by atoms with Gasteiger partial charge in [-0.1, -0.05) is 24.6 Å². The molecule has 2 aliphatic rings. The Morgan fingerprint density at radius 2 is 2.20 bits per heavy atom. The third-order valence-corrected chi connectivity index (χ3v) is 6.76. The number of morpholine rings is 1. The van der Waals surface area contributed by atoms with Crippen molar-refractivity contribution in [2.75, 3.05) is 31.6 Å². The zero-order valence-electron chi connectivity index (χ0n) is 19.9. The first kappa shape index (κ1) is 23.7. The van der Waals surface area contributed by atoms with Crippen molar-refractivity contribution < 1.29 is 14.3 Å². The summed E-state index contributed by atoms with van der Waals surface area (Å²) in [5, 5.41) is 10.6. The van der Waals surface area contributed by atoms with Crippen LogP contribution in [0.5, 0.6) is 5.75 Å². The third kappa shape index (κ3) is 4.87. The molecule has 2 aliphatic heterocycles. The summed E-state index contributed by atoms with van der Waals surface area (Å²) in [5.41, 5.74) is 5.67. The van der Waals surface area contributed by atoms with Gasteiger partial charge in [-0.2, -0.15) is 0 Å². The van der Waals surface area contributed by atoms with E-state index in [0.29, 0.717) is 41.7 Å². The van der Waals surface area contributed by atoms with Gasteiger partial charge >= 0.3 is 0 Å². The number of nitrogens with zero attached hydrogens (tertiary/aromatic N) is 1. The normalized spacial score (nSPS) is 19.7. The molecule has 0 unspecified atom stereocenters. The molecule has 4 heterocycles. The smallest absolute Gasteiger partial charge is 0.255 e. The molecule has 1 aromatic carbocycles. The van der Waals surface area contributed by atoms with Gasteiger partial charge in [0, 0.05) is 53.7 Å². The number of aromatic amines is 1. The molecule has 0 aliphatic carbocycles. The summed E-state index contributed by atoms with van der Waals surface area (Å²) in [5.74, 6) is 0.514. The van der Waals surface area contributed by atoms with Crippen molar-refractivity contribution in [3.8, 4) is 17.0 Å². The fourth-order valence-corrected chi connectivity index (χ4v) is 5.02. The third-order valence-electron chi connectivity index (χ3n) is 6.41. The van der Waals surface area contributed by atoms with Crippen LogP contribution in [-0.2, 0) is 17.6 Å². The number of hydrogen-bond donors (Lipinski definition) is 4. The Balaban J connectivity index is 1.57. The molecule has 35 heavy (non-hydrogen) atoms. The van der Waals surface area contributed by atoms with Crippen LogP contribution >= 0.6 is 11.6 Å². The minimum Gasteiger partial charge on any atom is -0.488 e. The van der Waals surface area contributed by atoms with Crippen LogP contribution in [0.4, 0.5) is 11.4 Å². The van der Waals surface area contributed by atoms with Crippen molar-refractivity contribution in [2.45, 2.75) is 38.8 Å². The van der Waals surface area contributed by atoms with Crippen molar-refractivity contribution in [2.24, 2.45) is 0 Å². The Bertz CT molecular complexity index is 1220. The van der Waals surface area contributed by atoms with Crippen LogP contribution < -0.4 is 20.7 Å². The van der Waals surface area contributed by atoms with E-state index in [2.05, 4.69) is 32.8 Å². The number of pyridine rings is 1. The van der Waals surface area contributed by atoms with Crippen LogP contribution in [0.3, 0.4) is 0 Å². The van der Waals surface area contributed by atoms with E-state index < -0.39 is 0 Å². The number of halogens is 1. The number of amides is 1. The molecule has 9 heteroatoms. The molecule has 4 N–H and O–H groups in total. The maximum atomic E-state index is 13.1. The standard InChI is InChI=1S/C26H30ClN5O3/c1-3-17-19(27)5-4-6-20(17)31-25-23-21(11-15(2)30-26(23)33)32-24(25)18-7-8-28-13-22(18)35-14-16-12-29-9-10-34-16/h4-8,13,15-16,29,31-32H,3,9-12,14H2,1-2H3,(H,30,33)/t15-,16+/m1/s1. The lowest BCUT2D eigenvalue weighted by atomic mass is 10.0. The van der Waals surface area contributed by atoms with E-state index >= 15 is 0 Å². The number of carbonyl (C=O) groups is 1. The molecule has 1 fully saturated rings. The second kappa shape index (κ2) is 10.3. The fourth-order valence-electron chi connectivity index (χ4n) is 4.72. The average Bonchev–Trinajstić information content (AvgIpc) is 3.21. The highest BCUT2D eigenvalue weighted by atomic mass is 35.5. The van der Waals surface area contributed by atoms with Gasteiger partial charge in [-0.25, -0.2) is 0 Å². The van der Waals surface area contributed by atoms with Crippen LogP contribution in [0.2, 0.25) is 5.02 Å². The lowest BCUT2D eigenvalue weighted by Gasteiger charge is -2.24. The van der Waals surface area contributed by atoms with Crippen LogP contribution in [0.25, 0.3) is 11.3 Å². The Morgan fingerprint density at radius 1 is 1.31 bits per heavy atom. The van der Waals surface area contributed by atoms with Crippen molar-refractivity contribution in [3.05, 3.63) is 58.5 Å². The van der Waals surface area contributed by atoms with Gasteiger partial charge in [-0.05, 0) is 37.1 Å². The lowest BCUT2D eigenvalue weighted by molar-refractivity contribution is 0.000245. The van der Waals surface area contributed by atoms with E-state index in [0.717, 1.165) is 47.7 Å². The van der Waals surface area contributed by atoms with Crippen molar-refractivity contribution in [1.82, 2.24) is 20.6 Å². The fraction of sp³-hybridized carbons (Fsp3) is 0.385. The zero-order valence-corrected chi connectivity index (χ0v) is 20.7. The zero-order chi connectivity index (χ0) is 24.4. The van der Waals surface area contributed by atoms with E-state index in [9.17, 15) is 4.79 Å². The summed E-state index contributed by atoms with van der Waals surface area (Å²) in [4.78, 5) is 20.9. The first-order valence-electron chi connectivity index (χ1n) is 12.0. The first-order valence-corrected chi connectivity index (χ1v) is 12.4. The number of fused-ring (bicyclic) bond motifs is 1. The summed E-state index contributed by atoms with van der Waals surface area (Å²) in [6.45, 7) is 6.72. The first-order chi connectivity index (χ1) is 17.0. The number of carbonyl (C=O) groups excluding carboxylic acids is 1. The SMILES string of the molecule is CCc1c(Cl)cccc1Nc1c(-c2ccncc2OC[C@@H]2CNCCO2)[nH]c2c1C(=O)N[C@H](C)C2. The molecule has 3 aromatic rings. The number of aromatic nitrogens is 2. The van der Waals surface area contributed by atoms with Crippen molar-refractivity contribution in [1.29, 1.82) is 0 Å². The summed E-state index contributed by atoms with van der Waals surface area (Å²) >= 11 is 6.49. The topological polar surface area (TPSA) is 100 Å². The van der Waals surface area contributed by atoms with E-state index in [1.54, 1.807) is 12.4 Å². The summed E-state index contributed by atoms with van der Waals surface area (Å²) < 4.78 is 12.0. The number of rotatable bonds is 7. The van der Waals surface area contributed by atoms with Gasteiger partial charge in [0.25, 0.3) is 5.91 Å². The molecule has 0 bridgehead atoms. The minimum absolute atomic E-state index is 0.0311. The van der Waals surface area contributed by atoms with Gasteiger partial charge in [0.15, 0.2) is 0 Å². The minimum atomic E-state index is -0.109. The Morgan fingerprint density at radius 3 is 3.00 bits per heavy atom. The van der Waals surface area contributed by atoms with E-state index in [-0.39, 0.29) is 18.1 Å². The number of H-pyrrole nitrogens is 1. The molecule has 184 valence electrons. The van der Waals surface area contributed by atoms with Crippen LogP contribution in [0.15, 0.2) is 36.7 Å². The van der Waals surface area contributed by atoms with Crippen LogP contribution in [0.1, 0.15) is 35.5 Å². The Hall–Kier alpha value is -3.07. The van der Waals surface area contributed by atoms with Gasteiger partial charge in [0.1, 0.15) is 18.5 Å². The van der Waals surface area contributed by atoms with Gasteiger partial charge < -0.3 is 30.4 Å². The van der Waals surface area contributed by atoms with Crippen molar-refractivity contribution in [3.63, 3.8) is 0 Å². The molecule has 0 saturated carbocycles. The number of benzene rings is 1. The van der Waals surface area contributed by atoms with E-state index in [4.69, 9.17) is 21.1 Å². The predicted octanol–water partition coefficient (Wildman–Crippen LogP) is 4.08. The molecule has 0 spiro atoms. The molecule has 2 aromatic heterocycles. The molecule has 0 radical (unpaired) electrons. The van der Waals surface area contributed by atoms with Crippen LogP contribution in [0, 0.1) is 0 Å².